The van der Waals surface area contributed by atoms with Crippen molar-refractivity contribution in [1.82, 2.24) is 0 Å². The summed E-state index contributed by atoms with van der Waals surface area (Å²) in [4.78, 5) is 0. The number of ether oxygens (including phenoxy) is 1. The standard InChI is InChI=1S/C15H22ClFOS/c1-3-8-15(11-19,9-4-2)10-18-13-7-5-6-12(16)14(13)17/h5-7,19H,3-4,8-11H2,1-2H3. The van der Waals surface area contributed by atoms with E-state index in [-0.39, 0.29) is 16.2 Å². The molecule has 0 spiro atoms. The van der Waals surface area contributed by atoms with E-state index in [1.54, 1.807) is 12.1 Å². The fourth-order valence-electron chi connectivity index (χ4n) is 2.36. The minimum Gasteiger partial charge on any atom is -0.490 e. The summed E-state index contributed by atoms with van der Waals surface area (Å²) in [5, 5.41) is 0.0972. The Morgan fingerprint density at radius 2 is 1.89 bits per heavy atom. The van der Waals surface area contributed by atoms with Crippen LogP contribution in [0.1, 0.15) is 39.5 Å². The van der Waals surface area contributed by atoms with Gasteiger partial charge < -0.3 is 4.74 Å². The average molecular weight is 305 g/mol. The number of benzene rings is 1. The van der Waals surface area contributed by atoms with Crippen molar-refractivity contribution >= 4 is 24.2 Å². The third-order valence-electron chi connectivity index (χ3n) is 3.35. The van der Waals surface area contributed by atoms with Gasteiger partial charge >= 0.3 is 0 Å². The highest BCUT2D eigenvalue weighted by Crippen LogP contribution is 2.33. The minimum absolute atomic E-state index is 0.0152. The molecule has 19 heavy (non-hydrogen) atoms. The first-order valence-electron chi connectivity index (χ1n) is 6.76. The van der Waals surface area contributed by atoms with Gasteiger partial charge in [-0.15, -0.1) is 0 Å². The van der Waals surface area contributed by atoms with Crippen LogP contribution in [0.3, 0.4) is 0 Å². The van der Waals surface area contributed by atoms with Gasteiger partial charge in [0.1, 0.15) is 0 Å². The summed E-state index contributed by atoms with van der Waals surface area (Å²) >= 11 is 10.2. The van der Waals surface area contributed by atoms with Crippen LogP contribution in [0.4, 0.5) is 4.39 Å². The molecule has 0 aromatic heterocycles. The Morgan fingerprint density at radius 3 is 2.42 bits per heavy atom. The molecule has 0 aliphatic rings. The van der Waals surface area contributed by atoms with Crippen LogP contribution in [-0.4, -0.2) is 12.4 Å². The quantitative estimate of drug-likeness (QED) is 0.635. The molecule has 0 saturated carbocycles. The Labute approximate surface area is 125 Å². The van der Waals surface area contributed by atoms with Crippen LogP contribution >= 0.6 is 24.2 Å². The molecule has 4 heteroatoms. The molecule has 108 valence electrons. The summed E-state index contributed by atoms with van der Waals surface area (Å²) in [7, 11) is 0. The van der Waals surface area contributed by atoms with E-state index in [2.05, 4.69) is 26.5 Å². The molecule has 0 aliphatic heterocycles. The molecule has 1 aromatic carbocycles. The molecular weight excluding hydrogens is 283 g/mol. The molecule has 0 aliphatic carbocycles. The number of hydrogen-bond donors (Lipinski definition) is 1. The van der Waals surface area contributed by atoms with E-state index in [1.165, 1.54) is 6.07 Å². The smallest absolute Gasteiger partial charge is 0.183 e. The van der Waals surface area contributed by atoms with Crippen molar-refractivity contribution in [2.75, 3.05) is 12.4 Å². The predicted octanol–water partition coefficient (Wildman–Crippen LogP) is 5.37. The van der Waals surface area contributed by atoms with Gasteiger partial charge in [0.15, 0.2) is 11.6 Å². The summed E-state index contributed by atoms with van der Waals surface area (Å²) in [5.74, 6) is 0.493. The highest BCUT2D eigenvalue weighted by atomic mass is 35.5. The van der Waals surface area contributed by atoms with Gasteiger partial charge in [-0.2, -0.15) is 12.6 Å². The third kappa shape index (κ3) is 4.57. The second-order valence-corrected chi connectivity index (χ2v) is 5.72. The molecule has 0 unspecified atom stereocenters. The lowest BCUT2D eigenvalue weighted by Crippen LogP contribution is -2.30. The topological polar surface area (TPSA) is 9.23 Å². The molecule has 0 saturated heterocycles. The summed E-state index contributed by atoms with van der Waals surface area (Å²) in [6.07, 6.45) is 4.21. The lowest BCUT2D eigenvalue weighted by Gasteiger charge is -2.31. The average Bonchev–Trinajstić information content (AvgIpc) is 2.40. The number of hydrogen-bond acceptors (Lipinski definition) is 2. The van der Waals surface area contributed by atoms with Gasteiger partial charge in [0.05, 0.1) is 11.6 Å². The van der Waals surface area contributed by atoms with E-state index in [4.69, 9.17) is 16.3 Å². The summed E-state index contributed by atoms with van der Waals surface area (Å²) < 4.78 is 19.4. The normalized spacial score (nSPS) is 11.6. The molecule has 1 rings (SSSR count). The third-order valence-corrected chi connectivity index (χ3v) is 4.31. The zero-order valence-corrected chi connectivity index (χ0v) is 13.2. The van der Waals surface area contributed by atoms with Gasteiger partial charge in [-0.1, -0.05) is 44.4 Å². The van der Waals surface area contributed by atoms with Crippen LogP contribution in [0.25, 0.3) is 0 Å². The lowest BCUT2D eigenvalue weighted by atomic mass is 9.82. The molecule has 0 radical (unpaired) electrons. The molecule has 0 N–H and O–H groups in total. The first-order valence-corrected chi connectivity index (χ1v) is 7.77. The molecule has 0 bridgehead atoms. The first-order chi connectivity index (χ1) is 9.08. The second kappa shape index (κ2) is 8.01. The van der Waals surface area contributed by atoms with E-state index in [9.17, 15) is 4.39 Å². The van der Waals surface area contributed by atoms with Gasteiger partial charge in [0.2, 0.25) is 0 Å². The molecule has 1 aromatic rings. The maximum atomic E-state index is 13.8. The van der Waals surface area contributed by atoms with Crippen LogP contribution in [0, 0.1) is 11.2 Å². The van der Waals surface area contributed by atoms with Gasteiger partial charge in [0, 0.05) is 5.41 Å². The zero-order chi connectivity index (χ0) is 14.3. The zero-order valence-electron chi connectivity index (χ0n) is 11.6. The van der Waals surface area contributed by atoms with Crippen LogP contribution in [0.2, 0.25) is 5.02 Å². The van der Waals surface area contributed by atoms with E-state index in [1.807, 2.05) is 0 Å². The van der Waals surface area contributed by atoms with E-state index < -0.39 is 5.82 Å². The van der Waals surface area contributed by atoms with Crippen LogP contribution in [-0.2, 0) is 0 Å². The Morgan fingerprint density at radius 1 is 1.26 bits per heavy atom. The summed E-state index contributed by atoms with van der Waals surface area (Å²) in [5.41, 5.74) is 0.0152. The van der Waals surface area contributed by atoms with E-state index in [0.717, 1.165) is 31.4 Å². The van der Waals surface area contributed by atoms with E-state index in [0.29, 0.717) is 6.61 Å². The lowest BCUT2D eigenvalue weighted by molar-refractivity contribution is 0.139. The fraction of sp³-hybridized carbons (Fsp3) is 0.600. The molecular formula is C15H22ClFOS. The Hall–Kier alpha value is -0.410. The van der Waals surface area contributed by atoms with Crippen molar-refractivity contribution in [3.63, 3.8) is 0 Å². The van der Waals surface area contributed by atoms with Gasteiger partial charge in [-0.05, 0) is 30.7 Å². The van der Waals surface area contributed by atoms with Crippen molar-refractivity contribution < 1.29 is 9.13 Å². The van der Waals surface area contributed by atoms with Crippen molar-refractivity contribution in [2.45, 2.75) is 39.5 Å². The largest absolute Gasteiger partial charge is 0.490 e. The highest BCUT2D eigenvalue weighted by molar-refractivity contribution is 7.80. The predicted molar refractivity (Wildman–Crippen MR) is 83.0 cm³/mol. The number of halogens is 2. The Balaban J connectivity index is 2.77. The molecule has 0 fully saturated rings. The van der Waals surface area contributed by atoms with Gasteiger partial charge in [0.25, 0.3) is 0 Å². The van der Waals surface area contributed by atoms with E-state index >= 15 is 0 Å². The summed E-state index contributed by atoms with van der Waals surface area (Å²) in [6, 6.07) is 4.83. The molecule has 0 atom stereocenters. The van der Waals surface area contributed by atoms with Crippen LogP contribution in [0.15, 0.2) is 18.2 Å². The second-order valence-electron chi connectivity index (χ2n) is 5.00. The number of thiol groups is 1. The maximum absolute atomic E-state index is 13.8. The summed E-state index contributed by atoms with van der Waals surface area (Å²) in [6.45, 7) is 4.77. The van der Waals surface area contributed by atoms with Crippen molar-refractivity contribution in [3.8, 4) is 5.75 Å². The minimum atomic E-state index is -0.481. The molecule has 0 amide bonds. The van der Waals surface area contributed by atoms with Crippen molar-refractivity contribution in [3.05, 3.63) is 29.0 Å². The number of rotatable bonds is 8. The maximum Gasteiger partial charge on any atom is 0.183 e. The van der Waals surface area contributed by atoms with Crippen molar-refractivity contribution in [2.24, 2.45) is 5.41 Å². The van der Waals surface area contributed by atoms with Crippen molar-refractivity contribution in [1.29, 1.82) is 0 Å². The highest BCUT2D eigenvalue weighted by Gasteiger charge is 2.28. The van der Waals surface area contributed by atoms with Crippen LogP contribution in [0.5, 0.6) is 5.75 Å². The van der Waals surface area contributed by atoms with Gasteiger partial charge in [-0.25, -0.2) is 4.39 Å². The monoisotopic (exact) mass is 304 g/mol. The molecule has 0 heterocycles. The first kappa shape index (κ1) is 16.6. The Kier molecular flexibility index (Phi) is 7.01. The SMILES string of the molecule is CCCC(CS)(CCC)COc1cccc(Cl)c1F. The van der Waals surface area contributed by atoms with Gasteiger partial charge in [-0.3, -0.25) is 0 Å². The Bertz CT molecular complexity index is 392. The molecule has 1 nitrogen and oxygen atoms in total. The fourth-order valence-corrected chi connectivity index (χ4v) is 2.93. The van der Waals surface area contributed by atoms with Crippen LogP contribution < -0.4 is 4.74 Å².